The summed E-state index contributed by atoms with van der Waals surface area (Å²) in [5, 5.41) is 8.11. The molecule has 0 saturated carbocycles. The van der Waals surface area contributed by atoms with Gasteiger partial charge in [-0.3, -0.25) is 0 Å². The van der Waals surface area contributed by atoms with E-state index in [1.54, 1.807) is 11.8 Å². The minimum Gasteiger partial charge on any atom is -0.406 e. The third-order valence-corrected chi connectivity index (χ3v) is 8.05. The largest absolute Gasteiger partial charge is 0.573 e. The summed E-state index contributed by atoms with van der Waals surface area (Å²) >= 11 is 1.61. The zero-order valence-corrected chi connectivity index (χ0v) is 25.2. The molecule has 0 spiro atoms. The molecule has 12 heteroatoms. The fourth-order valence-corrected chi connectivity index (χ4v) is 5.80. The first-order chi connectivity index (χ1) is 21.2. The molecule has 2 amide bonds. The maximum atomic E-state index is 12.7. The molecule has 1 aromatic heterocycles. The number of amides is 2. The number of nitrogens with one attached hydrogen (secondary N) is 1. The first-order valence-electron chi connectivity index (χ1n) is 14.4. The third-order valence-electron chi connectivity index (χ3n) is 6.99. The Morgan fingerprint density at radius 3 is 2.55 bits per heavy atom. The first kappa shape index (κ1) is 31.1. The number of carbonyl (C=O) groups is 1. The van der Waals surface area contributed by atoms with Gasteiger partial charge in [-0.05, 0) is 66.6 Å². The lowest BCUT2D eigenvalue weighted by molar-refractivity contribution is -0.274. The van der Waals surface area contributed by atoms with Crippen LogP contribution in [0.1, 0.15) is 43.7 Å². The average Bonchev–Trinajstić information content (AvgIpc) is 3.50. The van der Waals surface area contributed by atoms with Crippen LogP contribution >= 0.6 is 11.8 Å². The zero-order chi connectivity index (χ0) is 31.1. The molecule has 3 aromatic carbocycles. The van der Waals surface area contributed by atoms with Crippen LogP contribution in [0.2, 0.25) is 0 Å². The number of urea groups is 1. The summed E-state index contributed by atoms with van der Waals surface area (Å²) in [5.74, 6) is 1.49. The van der Waals surface area contributed by atoms with Gasteiger partial charge in [-0.1, -0.05) is 68.1 Å². The van der Waals surface area contributed by atoms with E-state index >= 15 is 0 Å². The van der Waals surface area contributed by atoms with Crippen LogP contribution in [0.3, 0.4) is 0 Å². The van der Waals surface area contributed by atoms with Crippen LogP contribution in [0.5, 0.6) is 5.75 Å². The summed E-state index contributed by atoms with van der Waals surface area (Å²) in [7, 11) is 0. The van der Waals surface area contributed by atoms with Gasteiger partial charge >= 0.3 is 12.4 Å². The number of halogens is 3. The number of anilines is 1. The van der Waals surface area contributed by atoms with Gasteiger partial charge in [0.25, 0.3) is 0 Å². The van der Waals surface area contributed by atoms with E-state index in [1.165, 1.54) is 40.8 Å². The Hall–Kier alpha value is -4.32. The Balaban J connectivity index is 1.12. The van der Waals surface area contributed by atoms with E-state index in [-0.39, 0.29) is 11.8 Å². The van der Waals surface area contributed by atoms with E-state index in [9.17, 15) is 18.0 Å². The standard InChI is InChI=1S/C32H33F3N6O2S/c1-22(2)27-8-3-4-9-28(27)40-19-6-20-44-31(40)38-30(42)36-18-5-7-23-10-12-24(13-11-23)29-37-21-41(39-29)25-14-16-26(17-15-25)43-32(33,34)35/h3-4,8-17,21-22H,5-7,18-20H2,1-2H3,(H,36,42)/b38-31-. The van der Waals surface area contributed by atoms with Gasteiger partial charge in [-0.2, -0.15) is 4.99 Å². The number of rotatable bonds is 9. The topological polar surface area (TPSA) is 84.6 Å². The van der Waals surface area contributed by atoms with Crippen LogP contribution in [0, 0.1) is 0 Å². The lowest BCUT2D eigenvalue weighted by Gasteiger charge is -2.31. The molecule has 0 atom stereocenters. The van der Waals surface area contributed by atoms with Gasteiger partial charge in [0.15, 0.2) is 11.0 Å². The molecule has 4 aromatic rings. The Morgan fingerprint density at radius 2 is 1.82 bits per heavy atom. The van der Waals surface area contributed by atoms with Crippen LogP contribution in [0.4, 0.5) is 23.7 Å². The smallest absolute Gasteiger partial charge is 0.406 e. The molecular formula is C32H33F3N6O2S. The minimum absolute atomic E-state index is 0.303. The van der Waals surface area contributed by atoms with Crippen molar-refractivity contribution in [3.63, 3.8) is 0 Å². The van der Waals surface area contributed by atoms with Crippen LogP contribution in [-0.4, -0.2) is 51.2 Å². The highest BCUT2D eigenvalue weighted by Crippen LogP contribution is 2.32. The van der Waals surface area contributed by atoms with E-state index in [1.807, 2.05) is 36.4 Å². The summed E-state index contributed by atoms with van der Waals surface area (Å²) in [6, 6.07) is 21.2. The number of aryl methyl sites for hydroxylation is 1. The van der Waals surface area contributed by atoms with Gasteiger partial charge in [-0.15, -0.1) is 18.3 Å². The Labute approximate surface area is 258 Å². The van der Waals surface area contributed by atoms with Crippen LogP contribution in [-0.2, 0) is 6.42 Å². The van der Waals surface area contributed by atoms with Crippen molar-refractivity contribution in [3.05, 3.63) is 90.3 Å². The zero-order valence-electron chi connectivity index (χ0n) is 24.4. The first-order valence-corrected chi connectivity index (χ1v) is 15.4. The molecule has 8 nitrogen and oxygen atoms in total. The molecule has 1 saturated heterocycles. The molecule has 1 N–H and O–H groups in total. The Bertz CT molecular complexity index is 1590. The molecule has 0 unspecified atom stereocenters. The predicted octanol–water partition coefficient (Wildman–Crippen LogP) is 7.60. The fraction of sp³-hybridized carbons (Fsp3) is 0.312. The van der Waals surface area contributed by atoms with E-state index < -0.39 is 6.36 Å². The summed E-state index contributed by atoms with van der Waals surface area (Å²) in [6.45, 7) is 5.68. The number of alkyl halides is 3. The number of hydrogen-bond acceptors (Lipinski definition) is 5. The highest BCUT2D eigenvalue weighted by atomic mass is 32.2. The number of amidine groups is 1. The maximum absolute atomic E-state index is 12.7. The van der Waals surface area contributed by atoms with Gasteiger partial charge in [0.1, 0.15) is 12.1 Å². The monoisotopic (exact) mass is 622 g/mol. The lowest BCUT2D eigenvalue weighted by atomic mass is 10.0. The summed E-state index contributed by atoms with van der Waals surface area (Å²) in [4.78, 5) is 23.6. The SMILES string of the molecule is CC(C)c1ccccc1N1CCCS/C1=N\C(=O)NCCCc1ccc(-c2ncn(-c3ccc(OC(F)(F)F)cc3)n2)cc1. The molecule has 0 radical (unpaired) electrons. The highest BCUT2D eigenvalue weighted by Gasteiger charge is 2.31. The highest BCUT2D eigenvalue weighted by molar-refractivity contribution is 8.14. The predicted molar refractivity (Wildman–Crippen MR) is 168 cm³/mol. The number of aromatic nitrogens is 3. The molecule has 230 valence electrons. The average molecular weight is 623 g/mol. The second-order valence-electron chi connectivity index (χ2n) is 10.5. The van der Waals surface area contributed by atoms with Crippen molar-refractivity contribution < 1.29 is 22.7 Å². The third kappa shape index (κ3) is 8.19. The van der Waals surface area contributed by atoms with Gasteiger partial charge in [0.05, 0.1) is 5.69 Å². The van der Waals surface area contributed by atoms with E-state index in [0.29, 0.717) is 24.0 Å². The minimum atomic E-state index is -4.74. The van der Waals surface area contributed by atoms with Crippen molar-refractivity contribution in [2.24, 2.45) is 4.99 Å². The van der Waals surface area contributed by atoms with Crippen molar-refractivity contribution >= 4 is 28.6 Å². The van der Waals surface area contributed by atoms with Crippen molar-refractivity contribution in [1.29, 1.82) is 0 Å². The molecule has 1 aliphatic heterocycles. The molecular weight excluding hydrogens is 589 g/mol. The number of para-hydroxylation sites is 1. The van der Waals surface area contributed by atoms with Crippen LogP contribution < -0.4 is 15.0 Å². The van der Waals surface area contributed by atoms with Crippen molar-refractivity contribution in [3.8, 4) is 22.8 Å². The number of thioether (sulfide) groups is 1. The normalized spacial score (nSPS) is 14.7. The van der Waals surface area contributed by atoms with E-state index in [4.69, 9.17) is 0 Å². The molecule has 2 heterocycles. The van der Waals surface area contributed by atoms with Crippen LogP contribution in [0.25, 0.3) is 17.1 Å². The summed E-state index contributed by atoms with van der Waals surface area (Å²) in [5.41, 5.74) is 4.82. The van der Waals surface area contributed by atoms with Gasteiger partial charge in [0, 0.05) is 30.1 Å². The van der Waals surface area contributed by atoms with E-state index in [0.717, 1.165) is 53.5 Å². The van der Waals surface area contributed by atoms with Gasteiger partial charge in [-0.25, -0.2) is 14.5 Å². The number of hydrogen-bond donors (Lipinski definition) is 1. The second-order valence-corrected chi connectivity index (χ2v) is 11.6. The Morgan fingerprint density at radius 1 is 1.07 bits per heavy atom. The molecule has 5 rings (SSSR count). The van der Waals surface area contributed by atoms with Crippen molar-refractivity contribution in [2.75, 3.05) is 23.7 Å². The molecule has 0 bridgehead atoms. The quantitative estimate of drug-likeness (QED) is 0.194. The molecule has 1 fully saturated rings. The summed E-state index contributed by atoms with van der Waals surface area (Å²) in [6.07, 6.45) is -0.679. The molecule has 44 heavy (non-hydrogen) atoms. The Kier molecular flexibility index (Phi) is 9.89. The van der Waals surface area contributed by atoms with E-state index in [2.05, 4.69) is 56.0 Å². The number of carbonyl (C=O) groups excluding carboxylic acids is 1. The van der Waals surface area contributed by atoms with Crippen LogP contribution in [0.15, 0.2) is 84.1 Å². The maximum Gasteiger partial charge on any atom is 0.573 e. The summed E-state index contributed by atoms with van der Waals surface area (Å²) < 4.78 is 42.6. The van der Waals surface area contributed by atoms with Gasteiger partial charge in [0.2, 0.25) is 0 Å². The second kappa shape index (κ2) is 14.0. The number of aliphatic imine (C=N–C) groups is 1. The number of benzene rings is 3. The lowest BCUT2D eigenvalue weighted by Crippen LogP contribution is -2.36. The fourth-order valence-electron chi connectivity index (χ4n) is 4.85. The van der Waals surface area contributed by atoms with Gasteiger partial charge < -0.3 is 15.0 Å². The molecule has 1 aliphatic rings. The number of ether oxygens (including phenoxy) is 1. The van der Waals surface area contributed by atoms with Crippen molar-refractivity contribution in [2.45, 2.75) is 45.4 Å². The molecule has 0 aliphatic carbocycles. The van der Waals surface area contributed by atoms with Crippen molar-refractivity contribution in [1.82, 2.24) is 20.1 Å². The number of nitrogens with zero attached hydrogens (tertiary/aromatic N) is 5.